The normalized spacial score (nSPS) is 11.2. The Kier molecular flexibility index (Phi) is 5.10. The van der Waals surface area contributed by atoms with Crippen molar-refractivity contribution in [3.63, 3.8) is 0 Å². The van der Waals surface area contributed by atoms with Gasteiger partial charge in [-0.25, -0.2) is 4.79 Å². The van der Waals surface area contributed by atoms with Crippen LogP contribution in [-0.4, -0.2) is 12.1 Å². The molecular weight excluding hydrogens is 295 g/mol. The minimum Gasteiger partial charge on any atom is -0.489 e. The average Bonchev–Trinajstić information content (AvgIpc) is 2.52. The lowest BCUT2D eigenvalue weighted by Gasteiger charge is -2.07. The van der Waals surface area contributed by atoms with Crippen molar-refractivity contribution in [2.75, 3.05) is 6.61 Å². The molecule has 0 N–H and O–H groups in total. The van der Waals surface area contributed by atoms with Crippen LogP contribution in [0.1, 0.15) is 34.0 Å². The lowest BCUT2D eigenvalue weighted by atomic mass is 10.00. The number of carbonyl (C=O) groups is 1. The van der Waals surface area contributed by atoms with Gasteiger partial charge in [0.05, 0.1) is 12.2 Å². The van der Waals surface area contributed by atoms with Gasteiger partial charge in [-0.1, -0.05) is 22.8 Å². The summed E-state index contributed by atoms with van der Waals surface area (Å²) in [5, 5.41) is 0.460. The molecule has 22 heavy (non-hydrogen) atoms. The Morgan fingerprint density at radius 1 is 1.05 bits per heavy atom. The third-order valence-electron chi connectivity index (χ3n) is 3.86. The monoisotopic (exact) mass is 315 g/mol. The van der Waals surface area contributed by atoms with Crippen LogP contribution in [-0.2, 0) is 4.57 Å². The van der Waals surface area contributed by atoms with Crippen molar-refractivity contribution in [3.8, 4) is 5.75 Å². The van der Waals surface area contributed by atoms with Gasteiger partial charge in [0.1, 0.15) is 0 Å². The summed E-state index contributed by atoms with van der Waals surface area (Å²) in [7, 11) is -2.20. The summed E-state index contributed by atoms with van der Waals surface area (Å²) in [5.74, 6) is 0.515. The van der Waals surface area contributed by atoms with Gasteiger partial charge in [-0.3, -0.25) is 0 Å². The van der Waals surface area contributed by atoms with Gasteiger partial charge in [0.2, 0.25) is 5.30 Å². The Morgan fingerprint density at radius 2 is 1.73 bits per heavy atom. The largest absolute Gasteiger partial charge is 0.489 e. The van der Waals surface area contributed by atoms with Crippen molar-refractivity contribution in [2.45, 2.75) is 27.7 Å². The second-order valence-electron chi connectivity index (χ2n) is 5.18. The zero-order chi connectivity index (χ0) is 16.3. The van der Waals surface area contributed by atoms with Gasteiger partial charge < -0.3 is 4.74 Å². The van der Waals surface area contributed by atoms with Gasteiger partial charge in [0.25, 0.3) is 0 Å². The van der Waals surface area contributed by atoms with Crippen LogP contribution in [0.5, 0.6) is 5.75 Å². The van der Waals surface area contributed by atoms with Crippen LogP contribution in [0.2, 0.25) is 0 Å². The van der Waals surface area contributed by atoms with Crippen LogP contribution in [0.4, 0.5) is 0 Å². The molecule has 0 aliphatic heterocycles. The molecule has 4 heteroatoms. The Hall–Kier alpha value is -1.99. The van der Waals surface area contributed by atoms with E-state index < -0.39 is 7.80 Å². The molecule has 0 spiro atoms. The molecule has 0 fully saturated rings. The standard InChI is InChI=1S/C18H20O3P/c1-5-21-16-8-6-7-9-17(16)22(20)18(19)15-11-10-12(2)13(3)14(15)4/h6-11H,5H2,1-4H3/q+1. The van der Waals surface area contributed by atoms with E-state index in [0.29, 0.717) is 23.2 Å². The predicted molar refractivity (Wildman–Crippen MR) is 89.8 cm³/mol. The van der Waals surface area contributed by atoms with Gasteiger partial charge in [0, 0.05) is 0 Å². The molecule has 0 aromatic heterocycles. The van der Waals surface area contributed by atoms with E-state index in [0.717, 1.165) is 16.7 Å². The van der Waals surface area contributed by atoms with Crippen LogP contribution in [0.25, 0.3) is 0 Å². The molecule has 114 valence electrons. The molecule has 0 radical (unpaired) electrons. The van der Waals surface area contributed by atoms with Crippen molar-refractivity contribution in [3.05, 3.63) is 58.7 Å². The van der Waals surface area contributed by atoms with E-state index in [4.69, 9.17) is 4.74 Å². The summed E-state index contributed by atoms with van der Waals surface area (Å²) in [5.41, 5.74) is 3.26. The molecule has 0 heterocycles. The highest BCUT2D eigenvalue weighted by Crippen LogP contribution is 2.32. The molecule has 3 nitrogen and oxygen atoms in total. The van der Waals surface area contributed by atoms with E-state index in [9.17, 15) is 9.36 Å². The highest BCUT2D eigenvalue weighted by atomic mass is 31.1. The molecule has 2 rings (SSSR count). The van der Waals surface area contributed by atoms with Gasteiger partial charge in [-0.15, -0.1) is 0 Å². The summed E-state index contributed by atoms with van der Waals surface area (Å²) >= 11 is 0. The molecule has 0 amide bonds. The van der Waals surface area contributed by atoms with Crippen LogP contribution < -0.4 is 10.0 Å². The van der Waals surface area contributed by atoms with Crippen molar-refractivity contribution in [2.24, 2.45) is 0 Å². The first-order valence-corrected chi connectivity index (χ1v) is 8.53. The van der Waals surface area contributed by atoms with Crippen LogP contribution in [0.15, 0.2) is 36.4 Å². The molecule has 1 atom stereocenters. The Balaban J connectivity index is 2.43. The number of rotatable bonds is 5. The summed E-state index contributed by atoms with van der Waals surface area (Å²) in [6, 6.07) is 10.7. The maximum absolute atomic E-state index is 12.7. The first-order chi connectivity index (χ1) is 10.5. The van der Waals surface area contributed by atoms with Crippen molar-refractivity contribution >= 4 is 18.6 Å². The fraction of sp³-hybridized carbons (Fsp3) is 0.278. The van der Waals surface area contributed by atoms with E-state index in [1.165, 1.54) is 0 Å². The molecule has 0 aliphatic carbocycles. The maximum Gasteiger partial charge on any atom is 0.462 e. The molecular formula is C18H20O3P+. The van der Waals surface area contributed by atoms with Gasteiger partial charge >= 0.3 is 13.3 Å². The fourth-order valence-electron chi connectivity index (χ4n) is 2.31. The van der Waals surface area contributed by atoms with E-state index >= 15 is 0 Å². The maximum atomic E-state index is 12.7. The number of carbonyl (C=O) groups excluding carboxylic acids is 1. The van der Waals surface area contributed by atoms with Crippen molar-refractivity contribution in [1.29, 1.82) is 0 Å². The van der Waals surface area contributed by atoms with E-state index in [-0.39, 0.29) is 5.52 Å². The zero-order valence-electron chi connectivity index (χ0n) is 13.3. The second kappa shape index (κ2) is 6.85. The van der Waals surface area contributed by atoms with Crippen LogP contribution >= 0.6 is 7.80 Å². The minimum absolute atomic E-state index is 0.345. The first-order valence-electron chi connectivity index (χ1n) is 7.27. The predicted octanol–water partition coefficient (Wildman–Crippen LogP) is 4.30. The van der Waals surface area contributed by atoms with Gasteiger partial charge in [-0.2, -0.15) is 0 Å². The highest BCUT2D eigenvalue weighted by molar-refractivity contribution is 7.71. The second-order valence-corrected chi connectivity index (χ2v) is 6.66. The lowest BCUT2D eigenvalue weighted by Crippen LogP contribution is -2.10. The minimum atomic E-state index is -2.20. The zero-order valence-corrected chi connectivity index (χ0v) is 14.2. The van der Waals surface area contributed by atoms with E-state index in [2.05, 4.69) is 0 Å². The Bertz CT molecular complexity index is 735. The lowest BCUT2D eigenvalue weighted by molar-refractivity contribution is 0.107. The van der Waals surface area contributed by atoms with Crippen LogP contribution in [0, 0.1) is 20.8 Å². The molecule has 0 bridgehead atoms. The summed E-state index contributed by atoms with van der Waals surface area (Å²) in [4.78, 5) is 12.6. The molecule has 1 unspecified atom stereocenters. The molecule has 2 aromatic carbocycles. The number of aryl methyl sites for hydroxylation is 1. The molecule has 2 aromatic rings. The van der Waals surface area contributed by atoms with E-state index in [1.54, 1.807) is 24.3 Å². The summed E-state index contributed by atoms with van der Waals surface area (Å²) < 4.78 is 18.2. The quantitative estimate of drug-likeness (QED) is 0.773. The number of hydrogen-bond acceptors (Lipinski definition) is 3. The Labute approximate surface area is 132 Å². The topological polar surface area (TPSA) is 43.4 Å². The number of ether oxygens (including phenoxy) is 1. The average molecular weight is 315 g/mol. The van der Waals surface area contributed by atoms with Gasteiger partial charge in [0.15, 0.2) is 5.75 Å². The smallest absolute Gasteiger partial charge is 0.462 e. The van der Waals surface area contributed by atoms with Gasteiger partial charge in [-0.05, 0) is 62.6 Å². The van der Waals surface area contributed by atoms with Crippen molar-refractivity contribution < 1.29 is 14.1 Å². The van der Waals surface area contributed by atoms with Crippen molar-refractivity contribution in [1.82, 2.24) is 0 Å². The first kappa shape index (κ1) is 16.4. The third kappa shape index (κ3) is 3.10. The molecule has 0 aliphatic rings. The highest BCUT2D eigenvalue weighted by Gasteiger charge is 2.36. The molecule has 0 saturated carbocycles. The number of benzene rings is 2. The fourth-order valence-corrected chi connectivity index (χ4v) is 3.55. The summed E-state index contributed by atoms with van der Waals surface area (Å²) in [6.07, 6.45) is 0. The summed E-state index contributed by atoms with van der Waals surface area (Å²) in [6.45, 7) is 8.20. The number of hydrogen-bond donors (Lipinski definition) is 0. The SMILES string of the molecule is CCOc1ccccc1[P+](=O)C(=O)c1ccc(C)c(C)c1C. The molecule has 0 saturated heterocycles. The third-order valence-corrected chi connectivity index (χ3v) is 5.27. The van der Waals surface area contributed by atoms with E-state index in [1.807, 2.05) is 39.8 Å². The Morgan fingerprint density at radius 3 is 2.41 bits per heavy atom. The number of para-hydroxylation sites is 1. The van der Waals surface area contributed by atoms with Crippen LogP contribution in [0.3, 0.4) is 0 Å².